The van der Waals surface area contributed by atoms with Gasteiger partial charge in [0, 0.05) is 22.5 Å². The summed E-state index contributed by atoms with van der Waals surface area (Å²) in [5.41, 5.74) is 2.88. The standard InChI is InChI=1S/C20H16N4O2S2/c1-13-22-15(11-27-13)10-26-16-6-4-5-14(9-16)19(25)24-20-23-18(12-28-20)17-7-2-3-8-21-17/h2-9,11-12H,10H2,1H3,(H,23,24,25). The molecule has 0 saturated carbocycles. The van der Waals surface area contributed by atoms with E-state index in [2.05, 4.69) is 20.3 Å². The van der Waals surface area contributed by atoms with Crippen molar-refractivity contribution in [3.8, 4) is 17.1 Å². The van der Waals surface area contributed by atoms with E-state index >= 15 is 0 Å². The summed E-state index contributed by atoms with van der Waals surface area (Å²) in [5, 5.41) is 8.18. The maximum Gasteiger partial charge on any atom is 0.257 e. The normalized spacial score (nSPS) is 10.6. The number of hydrogen-bond acceptors (Lipinski definition) is 7. The quantitative estimate of drug-likeness (QED) is 0.496. The van der Waals surface area contributed by atoms with Gasteiger partial charge >= 0.3 is 0 Å². The molecule has 6 nitrogen and oxygen atoms in total. The SMILES string of the molecule is Cc1nc(COc2cccc(C(=O)Nc3nc(-c4ccccn4)cs3)c2)cs1. The molecule has 0 radical (unpaired) electrons. The Morgan fingerprint density at radius 3 is 2.79 bits per heavy atom. The van der Waals surface area contributed by atoms with Gasteiger partial charge in [-0.1, -0.05) is 12.1 Å². The molecule has 0 saturated heterocycles. The summed E-state index contributed by atoms with van der Waals surface area (Å²) in [7, 11) is 0. The molecule has 0 spiro atoms. The number of pyridine rings is 1. The summed E-state index contributed by atoms with van der Waals surface area (Å²) in [6.07, 6.45) is 1.71. The third-order valence-corrected chi connectivity index (χ3v) is 5.38. The van der Waals surface area contributed by atoms with Gasteiger partial charge < -0.3 is 4.74 Å². The van der Waals surface area contributed by atoms with Crippen LogP contribution in [0.3, 0.4) is 0 Å². The Labute approximate surface area is 169 Å². The maximum atomic E-state index is 12.6. The van der Waals surface area contributed by atoms with Gasteiger partial charge in [0.15, 0.2) is 5.13 Å². The van der Waals surface area contributed by atoms with Crippen LogP contribution >= 0.6 is 22.7 Å². The highest BCUT2D eigenvalue weighted by Crippen LogP contribution is 2.24. The molecular weight excluding hydrogens is 392 g/mol. The van der Waals surface area contributed by atoms with Gasteiger partial charge in [-0.25, -0.2) is 9.97 Å². The van der Waals surface area contributed by atoms with Gasteiger partial charge in [-0.05, 0) is 37.3 Å². The van der Waals surface area contributed by atoms with Gasteiger partial charge in [-0.3, -0.25) is 15.1 Å². The molecule has 1 aromatic carbocycles. The lowest BCUT2D eigenvalue weighted by Gasteiger charge is -2.07. The Balaban J connectivity index is 1.41. The van der Waals surface area contributed by atoms with Crippen molar-refractivity contribution < 1.29 is 9.53 Å². The number of rotatable bonds is 6. The summed E-state index contributed by atoms with van der Waals surface area (Å²) >= 11 is 2.94. The van der Waals surface area contributed by atoms with E-state index in [-0.39, 0.29) is 5.91 Å². The van der Waals surface area contributed by atoms with Gasteiger partial charge in [-0.15, -0.1) is 22.7 Å². The zero-order valence-corrected chi connectivity index (χ0v) is 16.6. The van der Waals surface area contributed by atoms with E-state index in [0.29, 0.717) is 23.1 Å². The highest BCUT2D eigenvalue weighted by Gasteiger charge is 2.11. The Bertz CT molecular complexity index is 1090. The van der Waals surface area contributed by atoms with Gasteiger partial charge in [0.2, 0.25) is 0 Å². The molecule has 0 fully saturated rings. The van der Waals surface area contributed by atoms with Gasteiger partial charge in [0.1, 0.15) is 18.1 Å². The average molecular weight is 409 g/mol. The van der Waals surface area contributed by atoms with Crippen LogP contribution in [0.15, 0.2) is 59.4 Å². The first-order chi connectivity index (χ1) is 13.7. The van der Waals surface area contributed by atoms with Crippen molar-refractivity contribution in [1.82, 2.24) is 15.0 Å². The van der Waals surface area contributed by atoms with E-state index in [4.69, 9.17) is 4.74 Å². The van der Waals surface area contributed by atoms with Crippen LogP contribution in [0.2, 0.25) is 0 Å². The Morgan fingerprint density at radius 1 is 1.07 bits per heavy atom. The summed E-state index contributed by atoms with van der Waals surface area (Å²) < 4.78 is 5.75. The highest BCUT2D eigenvalue weighted by molar-refractivity contribution is 7.14. The lowest BCUT2D eigenvalue weighted by molar-refractivity contribution is 0.102. The number of nitrogens with one attached hydrogen (secondary N) is 1. The summed E-state index contributed by atoms with van der Waals surface area (Å²) in [6.45, 7) is 2.33. The fourth-order valence-electron chi connectivity index (χ4n) is 2.49. The second kappa shape index (κ2) is 8.28. The van der Waals surface area contributed by atoms with Crippen molar-refractivity contribution in [2.75, 3.05) is 5.32 Å². The van der Waals surface area contributed by atoms with Crippen LogP contribution in [0, 0.1) is 6.92 Å². The topological polar surface area (TPSA) is 77.0 Å². The summed E-state index contributed by atoms with van der Waals surface area (Å²) in [4.78, 5) is 25.6. The molecule has 28 heavy (non-hydrogen) atoms. The molecule has 0 bridgehead atoms. The molecule has 0 aliphatic heterocycles. The smallest absolute Gasteiger partial charge is 0.257 e. The van der Waals surface area contributed by atoms with Gasteiger partial charge in [0.25, 0.3) is 5.91 Å². The fraction of sp³-hybridized carbons (Fsp3) is 0.100. The van der Waals surface area contributed by atoms with E-state index in [1.54, 1.807) is 35.7 Å². The third kappa shape index (κ3) is 4.41. The van der Waals surface area contributed by atoms with Crippen molar-refractivity contribution in [2.45, 2.75) is 13.5 Å². The molecule has 4 rings (SSSR count). The second-order valence-electron chi connectivity index (χ2n) is 5.88. The number of nitrogens with zero attached hydrogens (tertiary/aromatic N) is 3. The molecular formula is C20H16N4O2S2. The average Bonchev–Trinajstić information content (AvgIpc) is 3.36. The van der Waals surface area contributed by atoms with Crippen LogP contribution < -0.4 is 10.1 Å². The van der Waals surface area contributed by atoms with E-state index in [9.17, 15) is 4.79 Å². The van der Waals surface area contributed by atoms with Crippen LogP contribution in [0.4, 0.5) is 5.13 Å². The Hall–Kier alpha value is -3.10. The van der Waals surface area contributed by atoms with Crippen LogP contribution in [-0.4, -0.2) is 20.9 Å². The zero-order chi connectivity index (χ0) is 19.3. The molecule has 3 heterocycles. The van der Waals surface area contributed by atoms with Crippen LogP contribution in [0.1, 0.15) is 21.1 Å². The third-order valence-electron chi connectivity index (χ3n) is 3.80. The first-order valence-electron chi connectivity index (χ1n) is 8.49. The minimum atomic E-state index is -0.239. The number of hydrogen-bond donors (Lipinski definition) is 1. The molecule has 140 valence electrons. The molecule has 1 N–H and O–H groups in total. The van der Waals surface area contributed by atoms with E-state index < -0.39 is 0 Å². The van der Waals surface area contributed by atoms with E-state index in [1.165, 1.54) is 11.3 Å². The summed E-state index contributed by atoms with van der Waals surface area (Å²) in [5.74, 6) is 0.378. The van der Waals surface area contributed by atoms with Crippen molar-refractivity contribution in [3.63, 3.8) is 0 Å². The zero-order valence-electron chi connectivity index (χ0n) is 15.0. The highest BCUT2D eigenvalue weighted by atomic mass is 32.1. The van der Waals surface area contributed by atoms with Crippen molar-refractivity contribution in [1.29, 1.82) is 0 Å². The molecule has 0 aliphatic carbocycles. The molecule has 0 unspecified atom stereocenters. The lowest BCUT2D eigenvalue weighted by atomic mass is 10.2. The number of carbonyl (C=O) groups is 1. The monoisotopic (exact) mass is 408 g/mol. The number of carbonyl (C=O) groups excluding carboxylic acids is 1. The van der Waals surface area contributed by atoms with Crippen molar-refractivity contribution in [3.05, 3.63) is 75.7 Å². The Morgan fingerprint density at radius 2 is 2.00 bits per heavy atom. The molecule has 1 amide bonds. The van der Waals surface area contributed by atoms with E-state index in [1.807, 2.05) is 41.9 Å². The molecule has 8 heteroatoms. The molecule has 0 aliphatic rings. The maximum absolute atomic E-state index is 12.6. The van der Waals surface area contributed by atoms with Crippen molar-refractivity contribution in [2.24, 2.45) is 0 Å². The lowest BCUT2D eigenvalue weighted by Crippen LogP contribution is -2.11. The predicted molar refractivity (Wildman–Crippen MR) is 111 cm³/mol. The van der Waals surface area contributed by atoms with Crippen LogP contribution in [-0.2, 0) is 6.61 Å². The number of benzene rings is 1. The number of amides is 1. The molecule has 0 atom stereocenters. The van der Waals surface area contributed by atoms with Crippen LogP contribution in [0.5, 0.6) is 5.75 Å². The number of ether oxygens (including phenoxy) is 1. The first kappa shape index (κ1) is 18.3. The van der Waals surface area contributed by atoms with Gasteiger partial charge in [-0.2, -0.15) is 0 Å². The second-order valence-corrected chi connectivity index (χ2v) is 7.80. The van der Waals surface area contributed by atoms with Gasteiger partial charge in [0.05, 0.1) is 16.4 Å². The minimum Gasteiger partial charge on any atom is -0.487 e. The number of aryl methyl sites for hydroxylation is 1. The largest absolute Gasteiger partial charge is 0.487 e. The molecule has 3 aromatic heterocycles. The number of aromatic nitrogens is 3. The predicted octanol–water partition coefficient (Wildman–Crippen LogP) is 4.80. The number of thiazole rings is 2. The first-order valence-corrected chi connectivity index (χ1v) is 10.3. The van der Waals surface area contributed by atoms with Crippen LogP contribution in [0.25, 0.3) is 11.4 Å². The minimum absolute atomic E-state index is 0.239. The van der Waals surface area contributed by atoms with Crippen molar-refractivity contribution >= 4 is 33.7 Å². The van der Waals surface area contributed by atoms with E-state index in [0.717, 1.165) is 22.1 Å². The summed E-state index contributed by atoms with van der Waals surface area (Å²) in [6, 6.07) is 12.7. The number of anilines is 1. The molecule has 4 aromatic rings. The Kier molecular flexibility index (Phi) is 5.41. The fourth-order valence-corrected chi connectivity index (χ4v) is 3.79.